The van der Waals surface area contributed by atoms with Crippen molar-refractivity contribution in [3.05, 3.63) is 33.6 Å². The molecule has 0 radical (unpaired) electrons. The summed E-state index contributed by atoms with van der Waals surface area (Å²) in [5.74, 6) is -1.44. The Hall–Kier alpha value is -2.22. The molecular weight excluding hydrogens is 257 g/mol. The Morgan fingerprint density at radius 2 is 2.21 bits per heavy atom. The maximum absolute atomic E-state index is 13.4. The number of nitro benzene ring substituents is 1. The Morgan fingerprint density at radius 1 is 1.53 bits per heavy atom. The minimum atomic E-state index is -0.798. The number of nitro groups is 1. The van der Waals surface area contributed by atoms with Crippen LogP contribution in [-0.4, -0.2) is 38.1 Å². The second kappa shape index (κ2) is 6.64. The quantitative estimate of drug-likeness (QED) is 0.460. The molecule has 1 aromatic rings. The van der Waals surface area contributed by atoms with Crippen molar-refractivity contribution in [2.24, 2.45) is 0 Å². The van der Waals surface area contributed by atoms with Crippen LogP contribution in [0.2, 0.25) is 0 Å². The van der Waals surface area contributed by atoms with Crippen LogP contribution in [0.15, 0.2) is 12.1 Å². The fourth-order valence-electron chi connectivity index (χ4n) is 1.45. The number of nitrogens with one attached hydrogen (secondary N) is 2. The highest BCUT2D eigenvalue weighted by atomic mass is 19.1. The first-order valence-corrected chi connectivity index (χ1v) is 5.44. The molecule has 0 bridgehead atoms. The SMILES string of the molecule is CNc1cc(C(=O)NCCOC)c([N+](=O)[O-])cc1F. The van der Waals surface area contributed by atoms with Crippen LogP contribution in [0.3, 0.4) is 0 Å². The Bertz CT molecular complexity index is 493. The van der Waals surface area contributed by atoms with Crippen molar-refractivity contribution in [2.45, 2.75) is 0 Å². The molecule has 0 saturated heterocycles. The van der Waals surface area contributed by atoms with Gasteiger partial charge in [0.2, 0.25) is 0 Å². The maximum atomic E-state index is 13.4. The molecule has 0 aliphatic rings. The molecule has 0 unspecified atom stereocenters. The van der Waals surface area contributed by atoms with Crippen LogP contribution in [0.1, 0.15) is 10.4 Å². The van der Waals surface area contributed by atoms with E-state index in [-0.39, 0.29) is 24.4 Å². The Morgan fingerprint density at radius 3 is 2.74 bits per heavy atom. The fourth-order valence-corrected chi connectivity index (χ4v) is 1.45. The number of amides is 1. The number of methoxy groups -OCH3 is 1. The zero-order valence-electron chi connectivity index (χ0n) is 10.5. The third-order valence-corrected chi connectivity index (χ3v) is 2.39. The van der Waals surface area contributed by atoms with Crippen molar-refractivity contribution in [3.8, 4) is 0 Å². The van der Waals surface area contributed by atoms with Crippen LogP contribution in [0.25, 0.3) is 0 Å². The van der Waals surface area contributed by atoms with E-state index < -0.39 is 22.3 Å². The number of carbonyl (C=O) groups excluding carboxylic acids is 1. The van der Waals surface area contributed by atoms with E-state index in [1.54, 1.807) is 0 Å². The number of carbonyl (C=O) groups is 1. The molecule has 1 aromatic carbocycles. The van der Waals surface area contributed by atoms with Gasteiger partial charge >= 0.3 is 0 Å². The first kappa shape index (κ1) is 14.8. The van der Waals surface area contributed by atoms with Crippen molar-refractivity contribution in [3.63, 3.8) is 0 Å². The van der Waals surface area contributed by atoms with Crippen molar-refractivity contribution in [1.29, 1.82) is 0 Å². The van der Waals surface area contributed by atoms with Crippen LogP contribution < -0.4 is 10.6 Å². The van der Waals surface area contributed by atoms with Crippen LogP contribution >= 0.6 is 0 Å². The Kier molecular flexibility index (Phi) is 5.19. The standard InChI is InChI=1S/C11H14FN3O4/c1-13-9-5-7(11(16)14-3-4-19-2)10(15(17)18)6-8(9)12/h5-6,13H,3-4H2,1-2H3,(H,14,16). The fraction of sp³-hybridized carbons (Fsp3) is 0.364. The second-order valence-corrected chi connectivity index (χ2v) is 3.61. The number of rotatable bonds is 6. The minimum absolute atomic E-state index is 0.0162. The molecule has 0 atom stereocenters. The van der Waals surface area contributed by atoms with Crippen LogP contribution in [0.4, 0.5) is 15.8 Å². The molecule has 0 fully saturated rings. The normalized spacial score (nSPS) is 10.1. The summed E-state index contributed by atoms with van der Waals surface area (Å²) < 4.78 is 18.2. The van der Waals surface area contributed by atoms with Gasteiger partial charge in [-0.1, -0.05) is 0 Å². The average molecular weight is 271 g/mol. The number of benzene rings is 1. The van der Waals surface area contributed by atoms with Crippen LogP contribution in [-0.2, 0) is 4.74 Å². The molecule has 19 heavy (non-hydrogen) atoms. The summed E-state index contributed by atoms with van der Waals surface area (Å²) in [5.41, 5.74) is -0.763. The first-order valence-electron chi connectivity index (χ1n) is 5.44. The molecule has 0 aliphatic heterocycles. The maximum Gasteiger partial charge on any atom is 0.285 e. The molecule has 0 heterocycles. The highest BCUT2D eigenvalue weighted by Gasteiger charge is 2.23. The van der Waals surface area contributed by atoms with Gasteiger partial charge in [0.25, 0.3) is 11.6 Å². The monoisotopic (exact) mass is 271 g/mol. The lowest BCUT2D eigenvalue weighted by Crippen LogP contribution is -2.27. The van der Waals surface area contributed by atoms with Gasteiger partial charge in [-0.2, -0.15) is 0 Å². The molecular formula is C11H14FN3O4. The van der Waals surface area contributed by atoms with E-state index in [1.165, 1.54) is 14.2 Å². The van der Waals surface area contributed by atoms with E-state index in [2.05, 4.69) is 10.6 Å². The van der Waals surface area contributed by atoms with E-state index >= 15 is 0 Å². The van der Waals surface area contributed by atoms with Crippen LogP contribution in [0.5, 0.6) is 0 Å². The highest BCUT2D eigenvalue weighted by Crippen LogP contribution is 2.25. The molecule has 8 heteroatoms. The Labute approximate surface area is 108 Å². The largest absolute Gasteiger partial charge is 0.386 e. The van der Waals surface area contributed by atoms with Crippen molar-refractivity contribution >= 4 is 17.3 Å². The number of hydrogen-bond acceptors (Lipinski definition) is 5. The van der Waals surface area contributed by atoms with E-state index in [4.69, 9.17) is 4.74 Å². The summed E-state index contributed by atoms with van der Waals surface area (Å²) in [4.78, 5) is 21.8. The van der Waals surface area contributed by atoms with Gasteiger partial charge in [0.1, 0.15) is 5.56 Å². The molecule has 2 N–H and O–H groups in total. The van der Waals surface area contributed by atoms with Gasteiger partial charge in [-0.05, 0) is 6.07 Å². The van der Waals surface area contributed by atoms with Crippen molar-refractivity contribution in [2.75, 3.05) is 32.6 Å². The molecule has 0 spiro atoms. The molecule has 0 saturated carbocycles. The summed E-state index contributed by atoms with van der Waals surface area (Å²) >= 11 is 0. The summed E-state index contributed by atoms with van der Waals surface area (Å²) in [6, 6.07) is 1.83. The predicted molar refractivity (Wildman–Crippen MR) is 66.8 cm³/mol. The number of halogens is 1. The summed E-state index contributed by atoms with van der Waals surface area (Å²) in [7, 11) is 2.92. The first-order chi connectivity index (χ1) is 9.01. The van der Waals surface area contributed by atoms with Gasteiger partial charge in [0.05, 0.1) is 23.3 Å². The van der Waals surface area contributed by atoms with E-state index in [9.17, 15) is 19.3 Å². The number of hydrogen-bond donors (Lipinski definition) is 2. The van der Waals surface area contributed by atoms with Crippen LogP contribution in [0, 0.1) is 15.9 Å². The van der Waals surface area contributed by atoms with E-state index in [1.807, 2.05) is 0 Å². The lowest BCUT2D eigenvalue weighted by atomic mass is 10.1. The third kappa shape index (κ3) is 3.62. The number of nitrogens with zero attached hydrogens (tertiary/aromatic N) is 1. The second-order valence-electron chi connectivity index (χ2n) is 3.61. The molecule has 7 nitrogen and oxygen atoms in total. The topological polar surface area (TPSA) is 93.5 Å². The van der Waals surface area contributed by atoms with Gasteiger partial charge < -0.3 is 15.4 Å². The molecule has 0 aromatic heterocycles. The van der Waals surface area contributed by atoms with E-state index in [0.29, 0.717) is 0 Å². The molecule has 1 rings (SSSR count). The summed E-state index contributed by atoms with van der Waals surface area (Å²) in [5, 5.41) is 15.8. The predicted octanol–water partition coefficient (Wildman–Crippen LogP) is 1.15. The summed E-state index contributed by atoms with van der Waals surface area (Å²) in [6.45, 7) is 0.484. The average Bonchev–Trinajstić information content (AvgIpc) is 2.38. The van der Waals surface area contributed by atoms with Gasteiger partial charge in [0.15, 0.2) is 5.82 Å². The lowest BCUT2D eigenvalue weighted by Gasteiger charge is -2.08. The smallest absolute Gasteiger partial charge is 0.285 e. The highest BCUT2D eigenvalue weighted by molar-refractivity contribution is 5.99. The molecule has 0 aliphatic carbocycles. The van der Waals surface area contributed by atoms with Gasteiger partial charge in [-0.25, -0.2) is 4.39 Å². The van der Waals surface area contributed by atoms with Gasteiger partial charge in [0, 0.05) is 20.7 Å². The molecule has 104 valence electrons. The minimum Gasteiger partial charge on any atom is -0.386 e. The molecule has 1 amide bonds. The summed E-state index contributed by atoms with van der Waals surface area (Å²) in [6.07, 6.45) is 0. The third-order valence-electron chi connectivity index (χ3n) is 2.39. The lowest BCUT2D eigenvalue weighted by molar-refractivity contribution is -0.385. The zero-order valence-corrected chi connectivity index (χ0v) is 10.5. The van der Waals surface area contributed by atoms with Gasteiger partial charge in [-0.15, -0.1) is 0 Å². The van der Waals surface area contributed by atoms with E-state index in [0.717, 1.165) is 12.1 Å². The zero-order chi connectivity index (χ0) is 14.4. The number of ether oxygens (including phenoxy) is 1. The van der Waals surface area contributed by atoms with Crippen molar-refractivity contribution in [1.82, 2.24) is 5.32 Å². The van der Waals surface area contributed by atoms with Crippen molar-refractivity contribution < 1.29 is 18.8 Å². The van der Waals surface area contributed by atoms with Gasteiger partial charge in [-0.3, -0.25) is 14.9 Å². The Balaban J connectivity index is 3.09. The number of anilines is 1.